The van der Waals surface area contributed by atoms with Crippen LogP contribution in [0.2, 0.25) is 0 Å². The van der Waals surface area contributed by atoms with Crippen LogP contribution in [0.4, 0.5) is 5.69 Å². The van der Waals surface area contributed by atoms with Gasteiger partial charge in [0.05, 0.1) is 0 Å². The largest absolute Gasteiger partial charge is 0.364 e. The highest BCUT2D eigenvalue weighted by atomic mass is 127. The average molecular weight is 497 g/mol. The first-order valence-electron chi connectivity index (χ1n) is 10.5. The third-order valence-corrected chi connectivity index (χ3v) is 5.45. The Labute approximate surface area is 187 Å². The summed E-state index contributed by atoms with van der Waals surface area (Å²) >= 11 is 0. The van der Waals surface area contributed by atoms with Crippen molar-refractivity contribution in [3.63, 3.8) is 0 Å². The first-order chi connectivity index (χ1) is 13.3. The Hall–Kier alpha value is -1.28. The van der Waals surface area contributed by atoms with Crippen molar-refractivity contribution in [3.05, 3.63) is 42.0 Å². The number of hydrogen-bond donors (Lipinski definition) is 2. The molecule has 1 aromatic rings. The molecule has 1 saturated heterocycles. The fraction of sp³-hybridized carbons (Fsp3) is 0.591. The van der Waals surface area contributed by atoms with Crippen LogP contribution in [0.25, 0.3) is 0 Å². The molecular formula is C22H36IN5. The van der Waals surface area contributed by atoms with Crippen molar-refractivity contribution in [2.24, 2.45) is 4.99 Å². The minimum absolute atomic E-state index is 0. The van der Waals surface area contributed by atoms with E-state index in [2.05, 4.69) is 61.8 Å². The van der Waals surface area contributed by atoms with Crippen LogP contribution in [0.5, 0.6) is 0 Å². The van der Waals surface area contributed by atoms with E-state index in [-0.39, 0.29) is 24.0 Å². The van der Waals surface area contributed by atoms with Gasteiger partial charge in [0.15, 0.2) is 5.96 Å². The number of aliphatic imine (C=N–C) groups is 1. The molecule has 0 aliphatic carbocycles. The Morgan fingerprint density at radius 3 is 2.29 bits per heavy atom. The number of likely N-dealkylation sites (tertiary alicyclic amines) is 1. The maximum Gasteiger partial charge on any atom is 0.191 e. The lowest BCUT2D eigenvalue weighted by molar-refractivity contribution is 0.282. The Kier molecular flexibility index (Phi) is 10.7. The number of nitrogens with one attached hydrogen (secondary N) is 2. The Bertz CT molecular complexity index is 598. The van der Waals surface area contributed by atoms with Gasteiger partial charge in [0.25, 0.3) is 0 Å². The molecule has 0 saturated carbocycles. The number of nitrogens with zero attached hydrogens (tertiary/aromatic N) is 3. The molecule has 0 unspecified atom stereocenters. The predicted molar refractivity (Wildman–Crippen MR) is 131 cm³/mol. The molecule has 2 aliphatic rings. The monoisotopic (exact) mass is 497 g/mol. The standard InChI is InChI=1S/C22H35N5.HI/c1-23-22(24-13-8-16-26-14-4-2-3-5-15-26)25-19-20-9-11-21(12-10-20)27-17-6-7-18-27;/h6-7,9-12H,2-5,8,13-19H2,1H3,(H2,23,24,25);1H. The molecule has 3 rings (SSSR count). The van der Waals surface area contributed by atoms with Crippen molar-refractivity contribution in [1.29, 1.82) is 0 Å². The fourth-order valence-corrected chi connectivity index (χ4v) is 3.79. The van der Waals surface area contributed by atoms with Crippen LogP contribution in [-0.4, -0.2) is 57.2 Å². The molecule has 1 fully saturated rings. The van der Waals surface area contributed by atoms with Crippen LogP contribution in [-0.2, 0) is 6.54 Å². The van der Waals surface area contributed by atoms with Crippen LogP contribution in [0, 0.1) is 0 Å². The van der Waals surface area contributed by atoms with Crippen molar-refractivity contribution in [1.82, 2.24) is 15.5 Å². The van der Waals surface area contributed by atoms with Crippen molar-refractivity contribution < 1.29 is 0 Å². The van der Waals surface area contributed by atoms with Gasteiger partial charge in [-0.1, -0.05) is 37.1 Å². The van der Waals surface area contributed by atoms with Crippen LogP contribution in [0.1, 0.15) is 37.7 Å². The Morgan fingerprint density at radius 2 is 1.64 bits per heavy atom. The van der Waals surface area contributed by atoms with Gasteiger partial charge in [0.2, 0.25) is 0 Å². The van der Waals surface area contributed by atoms with E-state index in [0.29, 0.717) is 0 Å². The topological polar surface area (TPSA) is 42.9 Å². The molecule has 1 aromatic carbocycles. The number of guanidine groups is 1. The summed E-state index contributed by atoms with van der Waals surface area (Å²) in [4.78, 5) is 9.32. The minimum Gasteiger partial charge on any atom is -0.364 e. The van der Waals surface area contributed by atoms with E-state index in [0.717, 1.165) is 32.1 Å². The van der Waals surface area contributed by atoms with Crippen molar-refractivity contribution in [3.8, 4) is 0 Å². The maximum atomic E-state index is 4.35. The molecule has 156 valence electrons. The van der Waals surface area contributed by atoms with E-state index in [1.807, 2.05) is 7.05 Å². The van der Waals surface area contributed by atoms with Gasteiger partial charge in [-0.05, 0) is 56.6 Å². The molecule has 0 spiro atoms. The number of rotatable bonds is 7. The summed E-state index contributed by atoms with van der Waals surface area (Å²) in [6.07, 6.45) is 11.1. The van der Waals surface area contributed by atoms with E-state index in [9.17, 15) is 0 Å². The maximum absolute atomic E-state index is 4.35. The number of anilines is 1. The van der Waals surface area contributed by atoms with Gasteiger partial charge in [0.1, 0.15) is 0 Å². The lowest BCUT2D eigenvalue weighted by Crippen LogP contribution is -2.38. The molecule has 2 heterocycles. The summed E-state index contributed by atoms with van der Waals surface area (Å²) < 4.78 is 0. The van der Waals surface area contributed by atoms with Crippen molar-refractivity contribution in [2.45, 2.75) is 38.6 Å². The van der Waals surface area contributed by atoms with Gasteiger partial charge < -0.3 is 20.4 Å². The summed E-state index contributed by atoms with van der Waals surface area (Å²) in [7, 11) is 1.84. The molecule has 0 bridgehead atoms. The molecule has 5 nitrogen and oxygen atoms in total. The van der Waals surface area contributed by atoms with Gasteiger partial charge in [-0.2, -0.15) is 0 Å². The summed E-state index contributed by atoms with van der Waals surface area (Å²) in [5, 5.41) is 6.87. The summed E-state index contributed by atoms with van der Waals surface area (Å²) in [5.41, 5.74) is 2.57. The third kappa shape index (κ3) is 7.62. The van der Waals surface area contributed by atoms with E-state index in [4.69, 9.17) is 0 Å². The molecule has 2 N–H and O–H groups in total. The average Bonchev–Trinajstić information content (AvgIpc) is 3.12. The van der Waals surface area contributed by atoms with Crippen LogP contribution < -0.4 is 15.5 Å². The Balaban J connectivity index is 0.00000280. The van der Waals surface area contributed by atoms with Gasteiger partial charge in [0, 0.05) is 38.9 Å². The molecule has 0 radical (unpaired) electrons. The molecule has 0 amide bonds. The first-order valence-corrected chi connectivity index (χ1v) is 10.5. The van der Waals surface area contributed by atoms with Crippen LogP contribution in [0.3, 0.4) is 0 Å². The van der Waals surface area contributed by atoms with Gasteiger partial charge in [-0.3, -0.25) is 4.99 Å². The molecule has 0 atom stereocenters. The molecule has 0 aromatic heterocycles. The van der Waals surface area contributed by atoms with Crippen LogP contribution in [0.15, 0.2) is 41.4 Å². The first kappa shape index (κ1) is 23.0. The summed E-state index contributed by atoms with van der Waals surface area (Å²) in [6, 6.07) is 8.82. The lowest BCUT2D eigenvalue weighted by Gasteiger charge is -2.20. The van der Waals surface area contributed by atoms with E-state index >= 15 is 0 Å². The van der Waals surface area contributed by atoms with Gasteiger partial charge in [-0.15, -0.1) is 24.0 Å². The number of benzene rings is 1. The van der Waals surface area contributed by atoms with Crippen LogP contribution >= 0.6 is 24.0 Å². The highest BCUT2D eigenvalue weighted by Gasteiger charge is 2.09. The van der Waals surface area contributed by atoms with Gasteiger partial charge >= 0.3 is 0 Å². The zero-order valence-electron chi connectivity index (χ0n) is 17.2. The Morgan fingerprint density at radius 1 is 0.964 bits per heavy atom. The summed E-state index contributed by atoms with van der Waals surface area (Å²) in [5.74, 6) is 0.888. The van der Waals surface area contributed by atoms with E-state index < -0.39 is 0 Å². The van der Waals surface area contributed by atoms with E-state index in [1.54, 1.807) is 0 Å². The predicted octanol–water partition coefficient (Wildman–Crippen LogP) is 3.61. The van der Waals surface area contributed by atoms with Gasteiger partial charge in [-0.25, -0.2) is 0 Å². The lowest BCUT2D eigenvalue weighted by atomic mass is 10.2. The zero-order valence-corrected chi connectivity index (χ0v) is 19.5. The minimum atomic E-state index is 0. The van der Waals surface area contributed by atoms with Crippen molar-refractivity contribution >= 4 is 35.6 Å². The highest BCUT2D eigenvalue weighted by molar-refractivity contribution is 14.0. The second-order valence-electron chi connectivity index (χ2n) is 7.50. The van der Waals surface area contributed by atoms with E-state index in [1.165, 1.54) is 63.0 Å². The number of hydrogen-bond acceptors (Lipinski definition) is 3. The zero-order chi connectivity index (χ0) is 18.7. The third-order valence-electron chi connectivity index (χ3n) is 5.45. The molecular weight excluding hydrogens is 461 g/mol. The second-order valence-corrected chi connectivity index (χ2v) is 7.50. The number of halogens is 1. The quantitative estimate of drug-likeness (QED) is 0.199. The molecule has 28 heavy (non-hydrogen) atoms. The molecule has 6 heteroatoms. The smallest absolute Gasteiger partial charge is 0.191 e. The molecule has 2 aliphatic heterocycles. The summed E-state index contributed by atoms with van der Waals surface area (Å²) in [6.45, 7) is 7.54. The fourth-order valence-electron chi connectivity index (χ4n) is 3.79. The normalized spacial score (nSPS) is 17.9. The van der Waals surface area contributed by atoms with Crippen molar-refractivity contribution in [2.75, 3.05) is 51.2 Å². The second kappa shape index (κ2) is 13.0. The highest BCUT2D eigenvalue weighted by Crippen LogP contribution is 2.17. The SMILES string of the molecule is CN=C(NCCCN1CCCCCC1)NCc1ccc(N2CC=CC2)cc1.I.